The Morgan fingerprint density at radius 3 is 2.77 bits per heavy atom. The van der Waals surface area contributed by atoms with E-state index in [2.05, 4.69) is 16.5 Å². The molecule has 0 aliphatic carbocycles. The van der Waals surface area contributed by atoms with Gasteiger partial charge in [-0.25, -0.2) is 9.97 Å². The van der Waals surface area contributed by atoms with Gasteiger partial charge in [0.15, 0.2) is 5.65 Å². The van der Waals surface area contributed by atoms with Crippen molar-refractivity contribution in [2.45, 2.75) is 57.9 Å². The molecule has 1 aliphatic rings. The molecule has 6 nitrogen and oxygen atoms in total. The number of carbonyl (C=O) groups excluding carboxylic acids is 1. The van der Waals surface area contributed by atoms with E-state index in [1.807, 2.05) is 17.0 Å². The van der Waals surface area contributed by atoms with Gasteiger partial charge in [0.1, 0.15) is 11.3 Å². The Labute approximate surface area is 155 Å². The summed E-state index contributed by atoms with van der Waals surface area (Å²) in [7, 11) is 1.71. The van der Waals surface area contributed by atoms with Crippen molar-refractivity contribution < 1.29 is 9.53 Å². The summed E-state index contributed by atoms with van der Waals surface area (Å²) in [6.45, 7) is 4.57. The number of amides is 1. The number of fused-ring (bicyclic) bond motifs is 1. The van der Waals surface area contributed by atoms with Crippen LogP contribution in [0.25, 0.3) is 11.2 Å². The molecule has 142 valence electrons. The van der Waals surface area contributed by atoms with Gasteiger partial charge in [0.25, 0.3) is 0 Å². The first-order valence-corrected chi connectivity index (χ1v) is 9.79. The maximum absolute atomic E-state index is 12.5. The first-order valence-electron chi connectivity index (χ1n) is 9.79. The van der Waals surface area contributed by atoms with Crippen LogP contribution >= 0.6 is 0 Å². The molecule has 1 saturated heterocycles. The van der Waals surface area contributed by atoms with Crippen LogP contribution in [-0.4, -0.2) is 52.1 Å². The molecule has 2 aromatic heterocycles. The van der Waals surface area contributed by atoms with Gasteiger partial charge in [-0.05, 0) is 38.3 Å². The smallest absolute Gasteiger partial charge is 0.222 e. The van der Waals surface area contributed by atoms with Crippen LogP contribution in [0.1, 0.15) is 57.3 Å². The van der Waals surface area contributed by atoms with Gasteiger partial charge in [-0.2, -0.15) is 0 Å². The number of ether oxygens (including phenoxy) is 1. The first-order chi connectivity index (χ1) is 12.7. The van der Waals surface area contributed by atoms with Crippen molar-refractivity contribution in [3.8, 4) is 0 Å². The molecule has 1 atom stereocenters. The summed E-state index contributed by atoms with van der Waals surface area (Å²) >= 11 is 0. The molecule has 1 fully saturated rings. The third kappa shape index (κ3) is 4.41. The fourth-order valence-electron chi connectivity index (χ4n) is 3.81. The molecule has 3 heterocycles. The van der Waals surface area contributed by atoms with E-state index in [1.165, 1.54) is 12.8 Å². The van der Waals surface area contributed by atoms with E-state index in [-0.39, 0.29) is 11.9 Å². The van der Waals surface area contributed by atoms with E-state index < -0.39 is 0 Å². The molecule has 26 heavy (non-hydrogen) atoms. The largest absolute Gasteiger partial charge is 0.383 e. The Kier molecular flexibility index (Phi) is 6.61. The second-order valence-electron chi connectivity index (χ2n) is 7.20. The zero-order valence-electron chi connectivity index (χ0n) is 16.0. The lowest BCUT2D eigenvalue weighted by atomic mass is 10.2. The fraction of sp³-hybridized carbons (Fsp3) is 0.650. The number of aromatic nitrogens is 3. The summed E-state index contributed by atoms with van der Waals surface area (Å²) in [5, 5.41) is 0. The zero-order chi connectivity index (χ0) is 18.4. The van der Waals surface area contributed by atoms with Crippen molar-refractivity contribution in [1.29, 1.82) is 0 Å². The number of likely N-dealkylation sites (tertiary alicyclic amines) is 1. The van der Waals surface area contributed by atoms with Crippen molar-refractivity contribution >= 4 is 17.1 Å². The number of nitrogens with zero attached hydrogens (tertiary/aromatic N) is 4. The topological polar surface area (TPSA) is 60.2 Å². The van der Waals surface area contributed by atoms with Gasteiger partial charge in [-0.15, -0.1) is 0 Å². The number of methoxy groups -OCH3 is 1. The van der Waals surface area contributed by atoms with Crippen LogP contribution in [0, 0.1) is 0 Å². The number of imidazole rings is 1. The van der Waals surface area contributed by atoms with E-state index in [4.69, 9.17) is 9.72 Å². The van der Waals surface area contributed by atoms with Crippen molar-refractivity contribution in [3.63, 3.8) is 0 Å². The quantitative estimate of drug-likeness (QED) is 0.761. The van der Waals surface area contributed by atoms with Gasteiger partial charge in [0.2, 0.25) is 5.91 Å². The van der Waals surface area contributed by atoms with E-state index >= 15 is 0 Å². The van der Waals surface area contributed by atoms with Crippen LogP contribution in [0.15, 0.2) is 18.3 Å². The van der Waals surface area contributed by atoms with Gasteiger partial charge < -0.3 is 14.2 Å². The van der Waals surface area contributed by atoms with Crippen LogP contribution in [0.3, 0.4) is 0 Å². The fourth-order valence-corrected chi connectivity index (χ4v) is 3.81. The van der Waals surface area contributed by atoms with Gasteiger partial charge in [0.05, 0.1) is 12.6 Å². The van der Waals surface area contributed by atoms with Crippen molar-refractivity contribution in [2.75, 3.05) is 26.8 Å². The minimum atomic E-state index is 0.163. The summed E-state index contributed by atoms with van der Waals surface area (Å²) < 4.78 is 7.49. The van der Waals surface area contributed by atoms with E-state index in [0.717, 1.165) is 55.8 Å². The van der Waals surface area contributed by atoms with E-state index in [1.54, 1.807) is 13.3 Å². The predicted molar refractivity (Wildman–Crippen MR) is 102 cm³/mol. The third-order valence-corrected chi connectivity index (χ3v) is 5.12. The molecule has 6 heteroatoms. The lowest BCUT2D eigenvalue weighted by Crippen LogP contribution is -2.31. The predicted octanol–water partition coefficient (Wildman–Crippen LogP) is 3.36. The highest BCUT2D eigenvalue weighted by molar-refractivity contribution is 5.76. The summed E-state index contributed by atoms with van der Waals surface area (Å²) in [6, 6.07) is 4.06. The summed E-state index contributed by atoms with van der Waals surface area (Å²) in [6.07, 6.45) is 8.77. The molecule has 0 aromatic carbocycles. The van der Waals surface area contributed by atoms with Crippen LogP contribution in [0.4, 0.5) is 0 Å². The monoisotopic (exact) mass is 358 g/mol. The van der Waals surface area contributed by atoms with Crippen LogP contribution in [0.2, 0.25) is 0 Å². The van der Waals surface area contributed by atoms with Crippen LogP contribution in [0.5, 0.6) is 0 Å². The van der Waals surface area contributed by atoms with Gasteiger partial charge in [0, 0.05) is 39.2 Å². The average molecular weight is 358 g/mol. The maximum atomic E-state index is 12.5. The van der Waals surface area contributed by atoms with E-state index in [0.29, 0.717) is 13.0 Å². The first kappa shape index (κ1) is 18.8. The molecule has 0 bridgehead atoms. The summed E-state index contributed by atoms with van der Waals surface area (Å²) in [5.74, 6) is 1.28. The number of hydrogen-bond donors (Lipinski definition) is 0. The molecule has 1 unspecified atom stereocenters. The Morgan fingerprint density at radius 2 is 2.04 bits per heavy atom. The average Bonchev–Trinajstić information content (AvgIpc) is 2.80. The minimum Gasteiger partial charge on any atom is -0.383 e. The van der Waals surface area contributed by atoms with E-state index in [9.17, 15) is 4.79 Å². The highest BCUT2D eigenvalue weighted by Gasteiger charge is 2.18. The second kappa shape index (κ2) is 9.12. The number of aryl methyl sites for hydroxylation is 1. The third-order valence-electron chi connectivity index (χ3n) is 5.12. The van der Waals surface area contributed by atoms with Gasteiger partial charge in [-0.3, -0.25) is 4.79 Å². The molecule has 3 rings (SSSR count). The Balaban J connectivity index is 1.66. The standard InChI is InChI=1S/C20H30N4O2/c1-16(15-26-2)24-18(22-17-9-8-12-21-20(17)24)10-7-11-19(25)23-13-5-3-4-6-14-23/h8-9,12,16H,3-7,10-11,13-15H2,1-2H3. The normalized spacial score (nSPS) is 16.6. The zero-order valence-corrected chi connectivity index (χ0v) is 16.0. The molecule has 0 spiro atoms. The maximum Gasteiger partial charge on any atom is 0.222 e. The summed E-state index contributed by atoms with van der Waals surface area (Å²) in [5.41, 5.74) is 1.80. The number of rotatable bonds is 7. The highest BCUT2D eigenvalue weighted by atomic mass is 16.5. The van der Waals surface area contributed by atoms with Crippen molar-refractivity contribution in [1.82, 2.24) is 19.4 Å². The number of pyridine rings is 1. The van der Waals surface area contributed by atoms with Crippen molar-refractivity contribution in [3.05, 3.63) is 24.2 Å². The van der Waals surface area contributed by atoms with Gasteiger partial charge >= 0.3 is 0 Å². The highest BCUT2D eigenvalue weighted by Crippen LogP contribution is 2.21. The second-order valence-corrected chi connectivity index (χ2v) is 7.20. The van der Waals surface area contributed by atoms with Crippen LogP contribution < -0.4 is 0 Å². The molecule has 2 aromatic rings. The molecule has 0 radical (unpaired) electrons. The molecule has 1 amide bonds. The lowest BCUT2D eigenvalue weighted by Gasteiger charge is -2.20. The SMILES string of the molecule is COCC(C)n1c(CCCC(=O)N2CCCCCC2)nc2cccnc21. The molecular formula is C20H30N4O2. The molecule has 0 saturated carbocycles. The minimum absolute atomic E-state index is 0.163. The lowest BCUT2D eigenvalue weighted by molar-refractivity contribution is -0.131. The summed E-state index contributed by atoms with van der Waals surface area (Å²) in [4.78, 5) is 23.8. The number of hydrogen-bond acceptors (Lipinski definition) is 4. The Bertz CT molecular complexity index is 720. The van der Waals surface area contributed by atoms with Crippen LogP contribution in [-0.2, 0) is 16.0 Å². The number of carbonyl (C=O) groups is 1. The molecule has 1 aliphatic heterocycles. The van der Waals surface area contributed by atoms with Crippen molar-refractivity contribution in [2.24, 2.45) is 0 Å². The Hall–Kier alpha value is -1.95. The molecular weight excluding hydrogens is 328 g/mol. The van der Waals surface area contributed by atoms with Gasteiger partial charge in [-0.1, -0.05) is 12.8 Å². The Morgan fingerprint density at radius 1 is 1.27 bits per heavy atom. The molecule has 0 N–H and O–H groups in total.